The molecule has 3 heteroatoms. The number of rotatable bonds is 5. The lowest BCUT2D eigenvalue weighted by Gasteiger charge is -2.27. The van der Waals surface area contributed by atoms with Crippen molar-refractivity contribution in [3.8, 4) is 0 Å². The zero-order chi connectivity index (χ0) is 13.0. The molecule has 1 aliphatic carbocycles. The summed E-state index contributed by atoms with van der Waals surface area (Å²) in [7, 11) is 0. The van der Waals surface area contributed by atoms with Gasteiger partial charge in [0.05, 0.1) is 12.2 Å². The summed E-state index contributed by atoms with van der Waals surface area (Å²) in [5.41, 5.74) is 6.99. The summed E-state index contributed by atoms with van der Waals surface area (Å²) in [6, 6.07) is 6.53. The van der Waals surface area contributed by atoms with Crippen molar-refractivity contribution >= 4 is 0 Å². The molecule has 18 heavy (non-hydrogen) atoms. The van der Waals surface area contributed by atoms with Gasteiger partial charge in [0.25, 0.3) is 0 Å². The van der Waals surface area contributed by atoms with Crippen molar-refractivity contribution in [3.63, 3.8) is 0 Å². The molecule has 2 rings (SSSR count). The summed E-state index contributed by atoms with van der Waals surface area (Å²) in [5.74, 6) is -0.226. The lowest BCUT2D eigenvalue weighted by atomic mass is 10.0. The number of halogens is 1. The van der Waals surface area contributed by atoms with E-state index in [2.05, 4.69) is 0 Å². The Morgan fingerprint density at radius 3 is 2.72 bits per heavy atom. The van der Waals surface area contributed by atoms with E-state index in [1.54, 1.807) is 6.07 Å². The molecule has 0 heterocycles. The highest BCUT2D eigenvalue weighted by Gasteiger charge is 2.25. The Labute approximate surface area is 108 Å². The minimum atomic E-state index is -0.226. The normalized spacial score (nSPS) is 19.9. The third-order valence-corrected chi connectivity index (χ3v) is 3.68. The first-order chi connectivity index (χ1) is 8.70. The molecule has 0 bridgehead atoms. The van der Waals surface area contributed by atoms with Gasteiger partial charge < -0.3 is 10.5 Å². The zero-order valence-electron chi connectivity index (χ0n) is 10.9. The van der Waals surface area contributed by atoms with Gasteiger partial charge in [-0.05, 0) is 37.0 Å². The van der Waals surface area contributed by atoms with Crippen molar-refractivity contribution in [1.29, 1.82) is 0 Å². The molecule has 1 saturated carbocycles. The molecule has 0 amide bonds. The molecule has 1 fully saturated rings. The van der Waals surface area contributed by atoms with E-state index in [4.69, 9.17) is 10.5 Å². The monoisotopic (exact) mass is 251 g/mol. The first-order valence-corrected chi connectivity index (χ1v) is 6.87. The molecule has 2 nitrogen and oxygen atoms in total. The Kier molecular flexibility index (Phi) is 4.72. The molecule has 2 atom stereocenters. The van der Waals surface area contributed by atoms with Gasteiger partial charge in [-0.3, -0.25) is 0 Å². The maximum absolute atomic E-state index is 13.3. The SMILES string of the molecule is CCC(N)C(OC1CCCC1)c1cccc(F)c1. The Balaban J connectivity index is 2.13. The van der Waals surface area contributed by atoms with Gasteiger partial charge in [-0.25, -0.2) is 4.39 Å². The Bertz CT molecular complexity index is 377. The molecule has 1 aromatic rings. The van der Waals surface area contributed by atoms with Crippen LogP contribution < -0.4 is 5.73 Å². The lowest BCUT2D eigenvalue weighted by Crippen LogP contribution is -2.32. The fourth-order valence-electron chi connectivity index (χ4n) is 2.56. The van der Waals surface area contributed by atoms with Crippen LogP contribution in [-0.4, -0.2) is 12.1 Å². The minimum absolute atomic E-state index is 0.0765. The highest BCUT2D eigenvalue weighted by atomic mass is 19.1. The van der Waals surface area contributed by atoms with E-state index in [1.807, 2.05) is 13.0 Å². The van der Waals surface area contributed by atoms with Gasteiger partial charge in [0, 0.05) is 6.04 Å². The molecule has 0 spiro atoms. The van der Waals surface area contributed by atoms with Crippen LogP contribution in [0.5, 0.6) is 0 Å². The minimum Gasteiger partial charge on any atom is -0.369 e. The first-order valence-electron chi connectivity index (χ1n) is 6.87. The predicted molar refractivity (Wildman–Crippen MR) is 70.7 cm³/mol. The smallest absolute Gasteiger partial charge is 0.123 e. The fraction of sp³-hybridized carbons (Fsp3) is 0.600. The molecule has 0 aromatic heterocycles. The van der Waals surface area contributed by atoms with Crippen LogP contribution in [0.1, 0.15) is 50.7 Å². The van der Waals surface area contributed by atoms with Crippen molar-refractivity contribution in [1.82, 2.24) is 0 Å². The largest absolute Gasteiger partial charge is 0.369 e. The zero-order valence-corrected chi connectivity index (χ0v) is 10.9. The number of ether oxygens (including phenoxy) is 1. The van der Waals surface area contributed by atoms with Crippen molar-refractivity contribution < 1.29 is 9.13 Å². The number of nitrogens with two attached hydrogens (primary N) is 1. The summed E-state index contributed by atoms with van der Waals surface area (Å²) >= 11 is 0. The van der Waals surface area contributed by atoms with Gasteiger partial charge in [0.15, 0.2) is 0 Å². The number of benzene rings is 1. The third-order valence-electron chi connectivity index (χ3n) is 3.68. The molecule has 1 aliphatic rings. The molecule has 1 aromatic carbocycles. The highest BCUT2D eigenvalue weighted by Crippen LogP contribution is 2.30. The summed E-state index contributed by atoms with van der Waals surface area (Å²) in [6.45, 7) is 2.04. The van der Waals surface area contributed by atoms with Gasteiger partial charge in [0.2, 0.25) is 0 Å². The molecule has 0 saturated heterocycles. The maximum atomic E-state index is 13.3. The summed E-state index contributed by atoms with van der Waals surface area (Å²) in [4.78, 5) is 0. The molecular weight excluding hydrogens is 229 g/mol. The second-order valence-corrected chi connectivity index (χ2v) is 5.09. The van der Waals surface area contributed by atoms with E-state index in [-0.39, 0.29) is 24.1 Å². The summed E-state index contributed by atoms with van der Waals surface area (Å²) in [5, 5.41) is 0. The molecular formula is C15H22FNO. The standard InChI is InChI=1S/C15H22FNO/c1-2-14(17)15(18-13-8-3-4-9-13)11-6-5-7-12(16)10-11/h5-7,10,13-15H,2-4,8-9,17H2,1H3. The second-order valence-electron chi connectivity index (χ2n) is 5.09. The van der Waals surface area contributed by atoms with Gasteiger partial charge in [-0.2, -0.15) is 0 Å². The van der Waals surface area contributed by atoms with Gasteiger partial charge in [-0.15, -0.1) is 0 Å². The Morgan fingerprint density at radius 1 is 1.39 bits per heavy atom. The quantitative estimate of drug-likeness (QED) is 0.868. The topological polar surface area (TPSA) is 35.2 Å². The van der Waals surface area contributed by atoms with Crippen LogP contribution in [0.25, 0.3) is 0 Å². The molecule has 100 valence electrons. The molecule has 0 aliphatic heterocycles. The number of hydrogen-bond donors (Lipinski definition) is 1. The van der Waals surface area contributed by atoms with Crippen LogP contribution in [0.4, 0.5) is 4.39 Å². The summed E-state index contributed by atoms with van der Waals surface area (Å²) in [6.07, 6.45) is 5.58. The van der Waals surface area contributed by atoms with Crippen molar-refractivity contribution in [2.24, 2.45) is 5.73 Å². The van der Waals surface area contributed by atoms with Crippen LogP contribution in [0, 0.1) is 5.82 Å². The maximum Gasteiger partial charge on any atom is 0.123 e. The van der Waals surface area contributed by atoms with Crippen LogP contribution in [0.3, 0.4) is 0 Å². The van der Waals surface area contributed by atoms with E-state index in [1.165, 1.54) is 25.0 Å². The van der Waals surface area contributed by atoms with Crippen LogP contribution >= 0.6 is 0 Å². The summed E-state index contributed by atoms with van der Waals surface area (Å²) < 4.78 is 19.4. The van der Waals surface area contributed by atoms with Crippen molar-refractivity contribution in [2.45, 2.75) is 57.3 Å². The van der Waals surface area contributed by atoms with Crippen LogP contribution in [-0.2, 0) is 4.74 Å². The van der Waals surface area contributed by atoms with E-state index in [0.717, 1.165) is 24.8 Å². The Hall–Kier alpha value is -0.930. The third kappa shape index (κ3) is 3.30. The van der Waals surface area contributed by atoms with E-state index < -0.39 is 0 Å². The average Bonchev–Trinajstić information content (AvgIpc) is 2.88. The predicted octanol–water partition coefficient (Wildman–Crippen LogP) is 3.56. The van der Waals surface area contributed by atoms with E-state index >= 15 is 0 Å². The number of hydrogen-bond acceptors (Lipinski definition) is 2. The fourth-order valence-corrected chi connectivity index (χ4v) is 2.56. The van der Waals surface area contributed by atoms with Crippen molar-refractivity contribution in [2.75, 3.05) is 0 Å². The Morgan fingerprint density at radius 2 is 2.11 bits per heavy atom. The average molecular weight is 251 g/mol. The van der Waals surface area contributed by atoms with E-state index in [9.17, 15) is 4.39 Å². The molecule has 2 unspecified atom stereocenters. The highest BCUT2D eigenvalue weighted by molar-refractivity contribution is 5.20. The van der Waals surface area contributed by atoms with Crippen LogP contribution in [0.15, 0.2) is 24.3 Å². The van der Waals surface area contributed by atoms with Gasteiger partial charge >= 0.3 is 0 Å². The molecule has 0 radical (unpaired) electrons. The molecule has 2 N–H and O–H groups in total. The lowest BCUT2D eigenvalue weighted by molar-refractivity contribution is -0.0238. The van der Waals surface area contributed by atoms with Gasteiger partial charge in [-0.1, -0.05) is 31.9 Å². The van der Waals surface area contributed by atoms with E-state index in [0.29, 0.717) is 0 Å². The first kappa shape index (κ1) is 13.5. The second kappa shape index (κ2) is 6.30. The van der Waals surface area contributed by atoms with Crippen molar-refractivity contribution in [3.05, 3.63) is 35.6 Å². The van der Waals surface area contributed by atoms with Crippen LogP contribution in [0.2, 0.25) is 0 Å². The van der Waals surface area contributed by atoms with Gasteiger partial charge in [0.1, 0.15) is 5.82 Å².